The summed E-state index contributed by atoms with van der Waals surface area (Å²) in [6.45, 7) is 8.97. The number of carbonyl (C=O) groups is 1. The van der Waals surface area contributed by atoms with Crippen molar-refractivity contribution in [3.8, 4) is 0 Å². The third-order valence-electron chi connectivity index (χ3n) is 3.82. The molecule has 0 aliphatic carbocycles. The van der Waals surface area contributed by atoms with Crippen LogP contribution in [-0.4, -0.2) is 18.2 Å². The molecule has 0 heterocycles. The Morgan fingerprint density at radius 2 is 1.83 bits per heavy atom. The van der Waals surface area contributed by atoms with Gasteiger partial charge in [-0.3, -0.25) is 5.32 Å². The number of hydrogen-bond acceptors (Lipinski definition) is 4. The van der Waals surface area contributed by atoms with Crippen LogP contribution in [0, 0.1) is 5.92 Å². The lowest BCUT2D eigenvalue weighted by Gasteiger charge is -2.30. The van der Waals surface area contributed by atoms with Crippen LogP contribution in [0.4, 0.5) is 0 Å². The molecule has 0 saturated carbocycles. The third kappa shape index (κ3) is 6.71. The molecule has 0 saturated heterocycles. The van der Waals surface area contributed by atoms with Gasteiger partial charge in [0, 0.05) is 6.54 Å². The monoisotopic (exact) mass is 320 g/mol. The number of aryl methyl sites for hydroxylation is 1. The van der Waals surface area contributed by atoms with E-state index in [1.165, 1.54) is 18.4 Å². The Bertz CT molecular complexity index is 471. The minimum absolute atomic E-state index is 0.299. The highest BCUT2D eigenvalue weighted by Crippen LogP contribution is 2.15. The number of benzene rings is 1. The van der Waals surface area contributed by atoms with Crippen molar-refractivity contribution in [2.75, 3.05) is 6.61 Å². The van der Waals surface area contributed by atoms with Crippen LogP contribution in [0.5, 0.6) is 0 Å². The van der Waals surface area contributed by atoms with Crippen molar-refractivity contribution in [3.05, 3.63) is 35.4 Å². The summed E-state index contributed by atoms with van der Waals surface area (Å²) in [5.41, 5.74) is 7.62. The van der Waals surface area contributed by atoms with Gasteiger partial charge in [-0.2, -0.15) is 0 Å². The maximum atomic E-state index is 12.2. The second-order valence-electron chi connectivity index (χ2n) is 6.56. The average Bonchev–Trinajstić information content (AvgIpc) is 2.51. The maximum Gasteiger partial charge on any atom is 0.341 e. The van der Waals surface area contributed by atoms with Gasteiger partial charge in [0.15, 0.2) is 5.66 Å². The van der Waals surface area contributed by atoms with E-state index in [0.717, 1.165) is 12.0 Å². The van der Waals surface area contributed by atoms with Crippen LogP contribution in [0.2, 0.25) is 0 Å². The summed E-state index contributed by atoms with van der Waals surface area (Å²) in [4.78, 5) is 12.2. The van der Waals surface area contributed by atoms with E-state index < -0.39 is 5.66 Å². The van der Waals surface area contributed by atoms with Crippen LogP contribution in [0.1, 0.15) is 58.1 Å². The van der Waals surface area contributed by atoms with Crippen molar-refractivity contribution in [1.82, 2.24) is 5.32 Å². The predicted octanol–water partition coefficient (Wildman–Crippen LogP) is 3.38. The first-order valence-corrected chi connectivity index (χ1v) is 8.70. The largest absolute Gasteiger partial charge is 0.464 e. The lowest BCUT2D eigenvalue weighted by molar-refractivity contribution is -0.152. The molecule has 0 aromatic heterocycles. The molecule has 4 heteroatoms. The van der Waals surface area contributed by atoms with Gasteiger partial charge < -0.3 is 10.5 Å². The normalized spacial score (nSPS) is 13.8. The summed E-state index contributed by atoms with van der Waals surface area (Å²) in [6, 6.07) is 8.49. The lowest BCUT2D eigenvalue weighted by Crippen LogP contribution is -2.60. The molecular weight excluding hydrogens is 288 g/mol. The summed E-state index contributed by atoms with van der Waals surface area (Å²) in [5.74, 6) is -0.0819. The maximum absolute atomic E-state index is 12.2. The molecule has 0 bridgehead atoms. The summed E-state index contributed by atoms with van der Waals surface area (Å²) in [5, 5.41) is 3.19. The second kappa shape index (κ2) is 9.68. The van der Waals surface area contributed by atoms with E-state index in [9.17, 15) is 4.79 Å². The van der Waals surface area contributed by atoms with E-state index in [1.807, 2.05) is 13.8 Å². The highest BCUT2D eigenvalue weighted by molar-refractivity contribution is 5.80. The fourth-order valence-corrected chi connectivity index (χ4v) is 2.60. The molecule has 1 aromatic rings. The summed E-state index contributed by atoms with van der Waals surface area (Å²) in [6.07, 6.45) is 4.07. The SMILES string of the molecule is CCCCc1ccc(CN[C@](N)(CC(C)C)C(=O)OCC)cc1. The van der Waals surface area contributed by atoms with E-state index in [0.29, 0.717) is 25.5 Å². The lowest BCUT2D eigenvalue weighted by atomic mass is 9.97. The van der Waals surface area contributed by atoms with Gasteiger partial charge in [0.1, 0.15) is 0 Å². The molecular formula is C19H32N2O2. The first kappa shape index (κ1) is 19.7. The Morgan fingerprint density at radius 1 is 1.22 bits per heavy atom. The number of rotatable bonds is 10. The molecule has 1 rings (SSSR count). The standard InChI is InChI=1S/C19H32N2O2/c1-5-7-8-16-9-11-17(12-10-16)14-21-19(20,13-15(3)4)18(22)23-6-2/h9-12,15,21H,5-8,13-14,20H2,1-4H3/t19-/m1/s1. The van der Waals surface area contributed by atoms with Gasteiger partial charge in [-0.05, 0) is 43.2 Å². The molecule has 0 radical (unpaired) electrons. The Hall–Kier alpha value is -1.39. The van der Waals surface area contributed by atoms with E-state index in [-0.39, 0.29) is 5.97 Å². The molecule has 0 fully saturated rings. The zero-order chi connectivity index (χ0) is 17.3. The number of nitrogens with two attached hydrogens (primary N) is 1. The molecule has 23 heavy (non-hydrogen) atoms. The van der Waals surface area contributed by atoms with Crippen molar-refractivity contribution >= 4 is 5.97 Å². The molecule has 0 unspecified atom stereocenters. The van der Waals surface area contributed by atoms with Gasteiger partial charge in [-0.1, -0.05) is 51.5 Å². The summed E-state index contributed by atoms with van der Waals surface area (Å²) in [7, 11) is 0. The predicted molar refractivity (Wildman–Crippen MR) is 94.9 cm³/mol. The number of ether oxygens (including phenoxy) is 1. The Balaban J connectivity index is 2.68. The highest BCUT2D eigenvalue weighted by Gasteiger charge is 2.35. The molecule has 0 spiro atoms. The molecule has 4 nitrogen and oxygen atoms in total. The van der Waals surface area contributed by atoms with Crippen molar-refractivity contribution in [3.63, 3.8) is 0 Å². The van der Waals surface area contributed by atoms with Crippen molar-refractivity contribution in [1.29, 1.82) is 0 Å². The van der Waals surface area contributed by atoms with Gasteiger partial charge in [0.2, 0.25) is 0 Å². The van der Waals surface area contributed by atoms with Crippen LogP contribution >= 0.6 is 0 Å². The zero-order valence-electron chi connectivity index (χ0n) is 15.0. The fraction of sp³-hybridized carbons (Fsp3) is 0.632. The molecule has 0 amide bonds. The van der Waals surface area contributed by atoms with E-state index in [2.05, 4.69) is 36.5 Å². The van der Waals surface area contributed by atoms with Gasteiger partial charge in [-0.15, -0.1) is 0 Å². The Morgan fingerprint density at radius 3 is 2.35 bits per heavy atom. The minimum Gasteiger partial charge on any atom is -0.464 e. The number of esters is 1. The first-order chi connectivity index (χ1) is 10.9. The number of nitrogens with one attached hydrogen (secondary N) is 1. The minimum atomic E-state index is -1.13. The van der Waals surface area contributed by atoms with E-state index in [1.54, 1.807) is 6.92 Å². The van der Waals surface area contributed by atoms with Crippen LogP contribution in [0.25, 0.3) is 0 Å². The molecule has 1 atom stereocenters. The summed E-state index contributed by atoms with van der Waals surface area (Å²) < 4.78 is 5.13. The number of hydrogen-bond donors (Lipinski definition) is 2. The molecule has 3 N–H and O–H groups in total. The zero-order valence-corrected chi connectivity index (χ0v) is 15.0. The third-order valence-corrected chi connectivity index (χ3v) is 3.82. The van der Waals surface area contributed by atoms with Crippen molar-refractivity contribution < 1.29 is 9.53 Å². The van der Waals surface area contributed by atoms with Gasteiger partial charge in [-0.25, -0.2) is 4.79 Å². The van der Waals surface area contributed by atoms with E-state index in [4.69, 9.17) is 10.5 Å². The summed E-state index contributed by atoms with van der Waals surface area (Å²) >= 11 is 0. The first-order valence-electron chi connectivity index (χ1n) is 8.70. The van der Waals surface area contributed by atoms with E-state index >= 15 is 0 Å². The van der Waals surface area contributed by atoms with Gasteiger partial charge in [0.05, 0.1) is 6.61 Å². The van der Waals surface area contributed by atoms with Crippen LogP contribution in [0.15, 0.2) is 24.3 Å². The van der Waals surface area contributed by atoms with Gasteiger partial charge in [0.25, 0.3) is 0 Å². The van der Waals surface area contributed by atoms with Crippen molar-refractivity contribution in [2.24, 2.45) is 11.7 Å². The van der Waals surface area contributed by atoms with Crippen LogP contribution in [0.3, 0.4) is 0 Å². The van der Waals surface area contributed by atoms with Crippen LogP contribution < -0.4 is 11.1 Å². The Labute approximate surface area is 140 Å². The smallest absolute Gasteiger partial charge is 0.341 e. The fourth-order valence-electron chi connectivity index (χ4n) is 2.60. The molecule has 130 valence electrons. The van der Waals surface area contributed by atoms with Crippen molar-refractivity contribution in [2.45, 2.75) is 65.6 Å². The topological polar surface area (TPSA) is 64.3 Å². The highest BCUT2D eigenvalue weighted by atomic mass is 16.5. The molecule has 0 aliphatic heterocycles. The average molecular weight is 320 g/mol. The van der Waals surface area contributed by atoms with Gasteiger partial charge >= 0.3 is 5.97 Å². The number of unbranched alkanes of at least 4 members (excludes halogenated alkanes) is 1. The number of carbonyl (C=O) groups excluding carboxylic acids is 1. The second-order valence-corrected chi connectivity index (χ2v) is 6.56. The Kier molecular flexibility index (Phi) is 8.28. The quantitative estimate of drug-likeness (QED) is 0.512. The van der Waals surface area contributed by atoms with Crippen LogP contribution in [-0.2, 0) is 22.5 Å². The molecule has 1 aromatic carbocycles. The molecule has 0 aliphatic rings.